The third kappa shape index (κ3) is 2.27. The van der Waals surface area contributed by atoms with Crippen molar-refractivity contribution < 1.29 is 27.8 Å². The zero-order chi connectivity index (χ0) is 16.0. The molecular formula is C14H17NO6S. The molecule has 0 saturated carbocycles. The number of fused-ring (bicyclic) bond motifs is 1. The Morgan fingerprint density at radius 3 is 2.82 bits per heavy atom. The molecule has 0 unspecified atom stereocenters. The lowest BCUT2D eigenvalue weighted by Crippen LogP contribution is -2.68. The summed E-state index contributed by atoms with van der Waals surface area (Å²) in [4.78, 5) is 11.4. The molecule has 1 aromatic carbocycles. The van der Waals surface area contributed by atoms with E-state index in [9.17, 15) is 18.3 Å². The molecular weight excluding hydrogens is 310 g/mol. The van der Waals surface area contributed by atoms with E-state index < -0.39 is 21.6 Å². The SMILES string of the molecule is CCOC1(C(=O)O)CN(S(=O)(=O)c2ccc3c(c2)OCC3)C1. The molecule has 0 radical (unpaired) electrons. The van der Waals surface area contributed by atoms with Crippen LogP contribution in [0, 0.1) is 0 Å². The van der Waals surface area contributed by atoms with Crippen LogP contribution in [0.1, 0.15) is 12.5 Å². The van der Waals surface area contributed by atoms with E-state index in [4.69, 9.17) is 9.47 Å². The Labute approximate surface area is 128 Å². The number of carboxylic acid groups (broad SMARTS) is 1. The van der Waals surface area contributed by atoms with E-state index in [1.54, 1.807) is 13.0 Å². The highest BCUT2D eigenvalue weighted by Crippen LogP contribution is 2.34. The lowest BCUT2D eigenvalue weighted by Gasteiger charge is -2.45. The van der Waals surface area contributed by atoms with Gasteiger partial charge in [0.2, 0.25) is 10.0 Å². The van der Waals surface area contributed by atoms with E-state index in [0.717, 1.165) is 16.3 Å². The lowest BCUT2D eigenvalue weighted by molar-refractivity contribution is -0.181. The molecule has 2 aliphatic heterocycles. The number of carbonyl (C=O) groups is 1. The number of hydrogen-bond acceptors (Lipinski definition) is 5. The Hall–Kier alpha value is -1.64. The number of carboxylic acids is 1. The summed E-state index contributed by atoms with van der Waals surface area (Å²) in [5, 5.41) is 9.23. The van der Waals surface area contributed by atoms with Gasteiger partial charge in [0.05, 0.1) is 24.6 Å². The number of hydrogen-bond donors (Lipinski definition) is 1. The monoisotopic (exact) mass is 327 g/mol. The van der Waals surface area contributed by atoms with Gasteiger partial charge in [-0.15, -0.1) is 0 Å². The van der Waals surface area contributed by atoms with E-state index in [-0.39, 0.29) is 24.6 Å². The van der Waals surface area contributed by atoms with Crippen LogP contribution < -0.4 is 4.74 Å². The van der Waals surface area contributed by atoms with Crippen molar-refractivity contribution in [2.24, 2.45) is 0 Å². The smallest absolute Gasteiger partial charge is 0.338 e. The second kappa shape index (κ2) is 5.22. The maximum atomic E-state index is 12.6. The van der Waals surface area contributed by atoms with Crippen molar-refractivity contribution in [1.29, 1.82) is 0 Å². The van der Waals surface area contributed by atoms with Crippen molar-refractivity contribution in [2.45, 2.75) is 23.8 Å². The number of ether oxygens (including phenoxy) is 2. The van der Waals surface area contributed by atoms with Gasteiger partial charge in [-0.2, -0.15) is 4.31 Å². The molecule has 2 aliphatic rings. The number of aliphatic carboxylic acids is 1. The molecule has 1 N–H and O–H groups in total. The van der Waals surface area contributed by atoms with Gasteiger partial charge in [0, 0.05) is 19.1 Å². The van der Waals surface area contributed by atoms with Gasteiger partial charge in [-0.05, 0) is 18.6 Å². The lowest BCUT2D eigenvalue weighted by atomic mass is 9.97. The van der Waals surface area contributed by atoms with Crippen LogP contribution in [0.25, 0.3) is 0 Å². The summed E-state index contributed by atoms with van der Waals surface area (Å²) in [6, 6.07) is 4.77. The van der Waals surface area contributed by atoms with Gasteiger partial charge in [0.15, 0.2) is 5.60 Å². The fraction of sp³-hybridized carbons (Fsp3) is 0.500. The Morgan fingerprint density at radius 2 is 2.18 bits per heavy atom. The molecule has 3 rings (SSSR count). The highest BCUT2D eigenvalue weighted by atomic mass is 32.2. The molecule has 7 nitrogen and oxygen atoms in total. The number of nitrogens with zero attached hydrogens (tertiary/aromatic N) is 1. The fourth-order valence-corrected chi connectivity index (χ4v) is 4.27. The topological polar surface area (TPSA) is 93.1 Å². The number of sulfonamides is 1. The summed E-state index contributed by atoms with van der Waals surface area (Å²) in [6.07, 6.45) is 0.770. The van der Waals surface area contributed by atoms with E-state index in [0.29, 0.717) is 12.4 Å². The predicted molar refractivity (Wildman–Crippen MR) is 76.4 cm³/mol. The van der Waals surface area contributed by atoms with E-state index in [2.05, 4.69) is 0 Å². The van der Waals surface area contributed by atoms with Gasteiger partial charge >= 0.3 is 5.97 Å². The van der Waals surface area contributed by atoms with Gasteiger partial charge in [-0.1, -0.05) is 6.07 Å². The molecule has 22 heavy (non-hydrogen) atoms. The molecule has 1 fully saturated rings. The van der Waals surface area contributed by atoms with E-state index >= 15 is 0 Å². The van der Waals surface area contributed by atoms with Crippen molar-refractivity contribution in [1.82, 2.24) is 4.31 Å². The molecule has 0 spiro atoms. The van der Waals surface area contributed by atoms with Crippen molar-refractivity contribution in [2.75, 3.05) is 26.3 Å². The quantitative estimate of drug-likeness (QED) is 0.846. The molecule has 1 aromatic rings. The highest BCUT2D eigenvalue weighted by Gasteiger charge is 2.55. The van der Waals surface area contributed by atoms with Crippen LogP contribution in [0.3, 0.4) is 0 Å². The number of benzene rings is 1. The maximum absolute atomic E-state index is 12.6. The average molecular weight is 327 g/mol. The van der Waals surface area contributed by atoms with Crippen molar-refractivity contribution in [3.05, 3.63) is 23.8 Å². The largest absolute Gasteiger partial charge is 0.493 e. The molecule has 0 bridgehead atoms. The van der Waals surface area contributed by atoms with Crippen LogP contribution in [-0.2, 0) is 26.0 Å². The molecule has 0 aliphatic carbocycles. The number of rotatable bonds is 5. The van der Waals surface area contributed by atoms with Gasteiger partial charge in [-0.3, -0.25) is 0 Å². The second-order valence-electron chi connectivity index (χ2n) is 5.37. The summed E-state index contributed by atoms with van der Waals surface area (Å²) in [7, 11) is -3.74. The summed E-state index contributed by atoms with van der Waals surface area (Å²) in [6.45, 7) is 2.08. The minimum atomic E-state index is -3.74. The summed E-state index contributed by atoms with van der Waals surface area (Å²) >= 11 is 0. The van der Waals surface area contributed by atoms with Crippen LogP contribution in [0.5, 0.6) is 5.75 Å². The van der Waals surface area contributed by atoms with Gasteiger partial charge in [-0.25, -0.2) is 13.2 Å². The molecule has 0 amide bonds. The first-order valence-electron chi connectivity index (χ1n) is 7.02. The van der Waals surface area contributed by atoms with Crippen LogP contribution >= 0.6 is 0 Å². The predicted octanol–water partition coefficient (Wildman–Crippen LogP) is 0.486. The minimum absolute atomic E-state index is 0.114. The molecule has 0 atom stereocenters. The van der Waals surface area contributed by atoms with Gasteiger partial charge in [0.1, 0.15) is 5.75 Å². The van der Waals surface area contributed by atoms with Crippen molar-refractivity contribution >= 4 is 16.0 Å². The van der Waals surface area contributed by atoms with E-state index in [1.807, 2.05) is 0 Å². The Balaban J connectivity index is 1.82. The Kier molecular flexibility index (Phi) is 3.62. The maximum Gasteiger partial charge on any atom is 0.338 e. The third-order valence-corrected chi connectivity index (χ3v) is 5.77. The summed E-state index contributed by atoms with van der Waals surface area (Å²) in [5.41, 5.74) is -0.452. The van der Waals surface area contributed by atoms with Crippen LogP contribution in [0.4, 0.5) is 0 Å². The Morgan fingerprint density at radius 1 is 1.45 bits per heavy atom. The van der Waals surface area contributed by atoms with Crippen molar-refractivity contribution in [3.8, 4) is 5.75 Å². The zero-order valence-corrected chi connectivity index (χ0v) is 12.9. The fourth-order valence-electron chi connectivity index (χ4n) is 2.71. The standard InChI is InChI=1S/C14H17NO6S/c1-2-21-14(13(16)17)8-15(9-14)22(18,19)11-4-3-10-5-6-20-12(10)7-11/h3-4,7H,2,5-6,8-9H2,1H3,(H,16,17). The summed E-state index contributed by atoms with van der Waals surface area (Å²) in [5.74, 6) is -0.561. The molecule has 120 valence electrons. The van der Waals surface area contributed by atoms with Gasteiger partial charge in [0.25, 0.3) is 0 Å². The zero-order valence-electron chi connectivity index (χ0n) is 12.1. The first-order valence-corrected chi connectivity index (χ1v) is 8.46. The molecule has 2 heterocycles. The van der Waals surface area contributed by atoms with Crippen LogP contribution in [-0.4, -0.2) is 55.7 Å². The molecule has 1 saturated heterocycles. The third-order valence-electron chi connectivity index (χ3n) is 3.98. The first kappa shape index (κ1) is 15.3. The normalized spacial score (nSPS) is 20.0. The first-order chi connectivity index (χ1) is 10.4. The van der Waals surface area contributed by atoms with E-state index in [1.165, 1.54) is 12.1 Å². The highest BCUT2D eigenvalue weighted by molar-refractivity contribution is 7.89. The van der Waals surface area contributed by atoms with Crippen molar-refractivity contribution in [3.63, 3.8) is 0 Å². The average Bonchev–Trinajstić information content (AvgIpc) is 2.88. The minimum Gasteiger partial charge on any atom is -0.493 e. The van der Waals surface area contributed by atoms with Gasteiger partial charge < -0.3 is 14.6 Å². The van der Waals surface area contributed by atoms with Crippen LogP contribution in [0.2, 0.25) is 0 Å². The Bertz CT molecular complexity index is 708. The van der Waals surface area contributed by atoms with Crippen LogP contribution in [0.15, 0.2) is 23.1 Å². The molecule has 0 aromatic heterocycles. The second-order valence-corrected chi connectivity index (χ2v) is 7.31. The molecule has 8 heteroatoms. The summed E-state index contributed by atoms with van der Waals surface area (Å²) < 4.78 is 36.8.